The van der Waals surface area contributed by atoms with Gasteiger partial charge in [-0.25, -0.2) is 9.98 Å². The van der Waals surface area contributed by atoms with Crippen LogP contribution in [0.4, 0.5) is 5.95 Å². The van der Waals surface area contributed by atoms with Crippen molar-refractivity contribution >= 4 is 22.9 Å². The number of nitrogens with zero attached hydrogens (tertiary/aromatic N) is 3. The number of anilines is 1. The van der Waals surface area contributed by atoms with E-state index in [-0.39, 0.29) is 6.17 Å². The molecule has 3 aromatic rings. The van der Waals surface area contributed by atoms with Crippen molar-refractivity contribution in [1.82, 2.24) is 9.55 Å². The Kier molecular flexibility index (Phi) is 3.42. The smallest absolute Gasteiger partial charge is 0.212 e. The standard InChI is InChI=1S/C18H17N5O/c1-2-10-24-13-7-5-6-12(11-13)16-21-17(19)22-18-20-14-8-3-4-9-15(14)23(16)18/h2-9,11,16H,1,10H2,(H3,19,20,21,22). The number of rotatable bonds is 4. The fourth-order valence-corrected chi connectivity index (χ4v) is 2.86. The summed E-state index contributed by atoms with van der Waals surface area (Å²) in [6.45, 7) is 4.13. The maximum absolute atomic E-state index is 5.96. The zero-order valence-corrected chi connectivity index (χ0v) is 13.0. The van der Waals surface area contributed by atoms with Gasteiger partial charge in [0.15, 0.2) is 12.1 Å². The Labute approximate surface area is 139 Å². The first-order chi connectivity index (χ1) is 11.8. The number of guanidine groups is 1. The third-order valence-corrected chi connectivity index (χ3v) is 3.87. The molecule has 2 heterocycles. The van der Waals surface area contributed by atoms with Gasteiger partial charge in [-0.15, -0.1) is 0 Å². The number of hydrogen-bond acceptors (Lipinski definition) is 5. The van der Waals surface area contributed by atoms with Crippen molar-refractivity contribution in [3.8, 4) is 5.75 Å². The average molecular weight is 319 g/mol. The normalized spacial score (nSPS) is 16.2. The van der Waals surface area contributed by atoms with Gasteiger partial charge in [0.05, 0.1) is 11.0 Å². The van der Waals surface area contributed by atoms with Crippen LogP contribution >= 0.6 is 0 Å². The number of para-hydroxylation sites is 2. The second-order valence-corrected chi connectivity index (χ2v) is 5.48. The lowest BCUT2D eigenvalue weighted by Gasteiger charge is -2.24. The molecular formula is C18H17N5O. The summed E-state index contributed by atoms with van der Waals surface area (Å²) >= 11 is 0. The molecule has 4 rings (SSSR count). The molecule has 120 valence electrons. The summed E-state index contributed by atoms with van der Waals surface area (Å²) in [5.74, 6) is 1.80. The van der Waals surface area contributed by atoms with E-state index in [2.05, 4.69) is 21.9 Å². The Morgan fingerprint density at radius 3 is 3.00 bits per heavy atom. The second-order valence-electron chi connectivity index (χ2n) is 5.48. The second kappa shape index (κ2) is 5.73. The lowest BCUT2D eigenvalue weighted by Crippen LogP contribution is -2.31. The molecule has 6 nitrogen and oxygen atoms in total. The summed E-state index contributed by atoms with van der Waals surface area (Å²) in [6, 6.07) is 15.8. The highest BCUT2D eigenvalue weighted by molar-refractivity contribution is 5.94. The van der Waals surface area contributed by atoms with Crippen molar-refractivity contribution in [1.29, 1.82) is 0 Å². The number of fused-ring (bicyclic) bond motifs is 3. The molecule has 0 saturated heterocycles. The van der Waals surface area contributed by atoms with Gasteiger partial charge in [-0.2, -0.15) is 0 Å². The van der Waals surface area contributed by atoms with Gasteiger partial charge < -0.3 is 10.5 Å². The highest BCUT2D eigenvalue weighted by Gasteiger charge is 2.25. The molecule has 24 heavy (non-hydrogen) atoms. The van der Waals surface area contributed by atoms with Crippen molar-refractivity contribution in [3.63, 3.8) is 0 Å². The Morgan fingerprint density at radius 2 is 2.12 bits per heavy atom. The number of aromatic nitrogens is 2. The fourth-order valence-electron chi connectivity index (χ4n) is 2.86. The topological polar surface area (TPSA) is 77.5 Å². The van der Waals surface area contributed by atoms with E-state index in [1.165, 1.54) is 0 Å². The van der Waals surface area contributed by atoms with Crippen molar-refractivity contribution in [3.05, 3.63) is 66.7 Å². The molecule has 0 aliphatic carbocycles. The lowest BCUT2D eigenvalue weighted by atomic mass is 10.1. The molecule has 1 aromatic heterocycles. The van der Waals surface area contributed by atoms with Gasteiger partial charge in [-0.1, -0.05) is 36.9 Å². The van der Waals surface area contributed by atoms with Crippen LogP contribution in [0.2, 0.25) is 0 Å². The summed E-state index contributed by atoms with van der Waals surface area (Å²) in [4.78, 5) is 9.17. The number of nitrogens with two attached hydrogens (primary N) is 1. The van der Waals surface area contributed by atoms with E-state index in [1.807, 2.05) is 53.1 Å². The van der Waals surface area contributed by atoms with Gasteiger partial charge in [0.1, 0.15) is 12.4 Å². The van der Waals surface area contributed by atoms with Crippen molar-refractivity contribution < 1.29 is 4.74 Å². The summed E-state index contributed by atoms with van der Waals surface area (Å²) < 4.78 is 7.67. The van der Waals surface area contributed by atoms with Crippen LogP contribution in [0.3, 0.4) is 0 Å². The SMILES string of the molecule is C=CCOc1cccc(C2N=C(N)Nc3nc4ccccc4n32)c1. The first-order valence-electron chi connectivity index (χ1n) is 7.67. The van der Waals surface area contributed by atoms with Crippen LogP contribution in [0.5, 0.6) is 5.75 Å². The summed E-state index contributed by atoms with van der Waals surface area (Å²) in [5, 5.41) is 3.03. The first-order valence-corrected chi connectivity index (χ1v) is 7.67. The summed E-state index contributed by atoms with van der Waals surface area (Å²) in [7, 11) is 0. The Balaban J connectivity index is 1.83. The van der Waals surface area contributed by atoms with Gasteiger partial charge in [-0.3, -0.25) is 9.88 Å². The molecule has 0 spiro atoms. The van der Waals surface area contributed by atoms with Gasteiger partial charge >= 0.3 is 0 Å². The number of benzene rings is 2. The van der Waals surface area contributed by atoms with E-state index in [0.29, 0.717) is 18.5 Å². The molecule has 1 aliphatic heterocycles. The Hall–Kier alpha value is -3.28. The predicted octanol–water partition coefficient (Wildman–Crippen LogP) is 2.89. The first kappa shape index (κ1) is 14.3. The van der Waals surface area contributed by atoms with Crippen molar-refractivity contribution in [2.45, 2.75) is 6.17 Å². The molecule has 6 heteroatoms. The number of nitrogens with one attached hydrogen (secondary N) is 1. The highest BCUT2D eigenvalue weighted by atomic mass is 16.5. The number of ether oxygens (including phenoxy) is 1. The molecule has 0 fully saturated rings. The van der Waals surface area contributed by atoms with Gasteiger partial charge in [0.2, 0.25) is 5.95 Å². The van der Waals surface area contributed by atoms with Crippen molar-refractivity contribution in [2.75, 3.05) is 11.9 Å². The van der Waals surface area contributed by atoms with E-state index in [9.17, 15) is 0 Å². The van der Waals surface area contributed by atoms with Crippen LogP contribution in [0.25, 0.3) is 11.0 Å². The Morgan fingerprint density at radius 1 is 1.25 bits per heavy atom. The molecule has 0 amide bonds. The zero-order valence-electron chi connectivity index (χ0n) is 13.0. The van der Waals surface area contributed by atoms with Crippen LogP contribution in [0.1, 0.15) is 11.7 Å². The lowest BCUT2D eigenvalue weighted by molar-refractivity contribution is 0.362. The molecule has 0 radical (unpaired) electrons. The quantitative estimate of drug-likeness (QED) is 0.725. The minimum atomic E-state index is -0.291. The van der Waals surface area contributed by atoms with E-state index in [1.54, 1.807) is 6.08 Å². The molecular weight excluding hydrogens is 302 g/mol. The fraction of sp³-hybridized carbons (Fsp3) is 0.111. The third-order valence-electron chi connectivity index (χ3n) is 3.87. The van der Waals surface area contributed by atoms with Gasteiger partial charge in [-0.05, 0) is 24.3 Å². The van der Waals surface area contributed by atoms with E-state index < -0.39 is 0 Å². The molecule has 3 N–H and O–H groups in total. The van der Waals surface area contributed by atoms with Crippen LogP contribution in [-0.4, -0.2) is 22.1 Å². The van der Waals surface area contributed by atoms with Crippen molar-refractivity contribution in [2.24, 2.45) is 10.7 Å². The van der Waals surface area contributed by atoms with Crippen LogP contribution in [-0.2, 0) is 0 Å². The molecule has 0 bridgehead atoms. The summed E-state index contributed by atoms with van der Waals surface area (Å²) in [6.07, 6.45) is 1.43. The molecule has 1 unspecified atom stereocenters. The molecule has 1 aliphatic rings. The maximum atomic E-state index is 5.96. The van der Waals surface area contributed by atoms with Gasteiger partial charge in [0, 0.05) is 5.56 Å². The Bertz CT molecular complexity index is 943. The minimum Gasteiger partial charge on any atom is -0.490 e. The molecule has 1 atom stereocenters. The highest BCUT2D eigenvalue weighted by Crippen LogP contribution is 2.33. The maximum Gasteiger partial charge on any atom is 0.212 e. The summed E-state index contributed by atoms with van der Waals surface area (Å²) in [5.41, 5.74) is 8.83. The van der Waals surface area contributed by atoms with Crippen LogP contribution < -0.4 is 15.8 Å². The minimum absolute atomic E-state index is 0.291. The molecule has 0 saturated carbocycles. The number of imidazole rings is 1. The van der Waals surface area contributed by atoms with Crippen LogP contribution in [0, 0.1) is 0 Å². The predicted molar refractivity (Wildman–Crippen MR) is 95.3 cm³/mol. The number of aliphatic imine (C=N–C) groups is 1. The average Bonchev–Trinajstić information content (AvgIpc) is 2.97. The third kappa shape index (κ3) is 2.38. The monoisotopic (exact) mass is 319 g/mol. The zero-order chi connectivity index (χ0) is 16.5. The van der Waals surface area contributed by atoms with Crippen LogP contribution in [0.15, 0.2) is 66.2 Å². The van der Waals surface area contributed by atoms with E-state index in [4.69, 9.17) is 10.5 Å². The van der Waals surface area contributed by atoms with E-state index >= 15 is 0 Å². The van der Waals surface area contributed by atoms with Gasteiger partial charge in [0.25, 0.3) is 0 Å². The molecule has 2 aromatic carbocycles. The van der Waals surface area contributed by atoms with E-state index in [0.717, 1.165) is 22.3 Å². The number of hydrogen-bond donors (Lipinski definition) is 2. The largest absolute Gasteiger partial charge is 0.490 e.